The zero-order valence-electron chi connectivity index (χ0n) is 12.1. The Balaban J connectivity index is 2.20. The predicted molar refractivity (Wildman–Crippen MR) is 75.4 cm³/mol. The molecule has 0 heterocycles. The van der Waals surface area contributed by atoms with Crippen molar-refractivity contribution in [1.82, 2.24) is 10.6 Å². The van der Waals surface area contributed by atoms with Gasteiger partial charge in [0.15, 0.2) is 0 Å². The first-order chi connectivity index (χ1) is 9.52. The molecular formula is C14H26N2O4. The van der Waals surface area contributed by atoms with Gasteiger partial charge in [0.2, 0.25) is 0 Å². The van der Waals surface area contributed by atoms with Crippen molar-refractivity contribution in [3.8, 4) is 0 Å². The Bertz CT molecular complexity index is 322. The van der Waals surface area contributed by atoms with Crippen molar-refractivity contribution >= 4 is 12.0 Å². The summed E-state index contributed by atoms with van der Waals surface area (Å²) < 4.78 is 0. The smallest absolute Gasteiger partial charge is 0.326 e. The second kappa shape index (κ2) is 8.79. The third kappa shape index (κ3) is 6.23. The lowest BCUT2D eigenvalue weighted by molar-refractivity contribution is -0.139. The Kier molecular flexibility index (Phi) is 7.36. The highest BCUT2D eigenvalue weighted by atomic mass is 16.4. The Morgan fingerprint density at radius 2 is 2.10 bits per heavy atom. The first-order valence-corrected chi connectivity index (χ1v) is 7.41. The number of carboxylic acids is 1. The zero-order chi connectivity index (χ0) is 15.0. The molecule has 116 valence electrons. The summed E-state index contributed by atoms with van der Waals surface area (Å²) in [7, 11) is 0. The first kappa shape index (κ1) is 16.8. The molecule has 0 aromatic heterocycles. The molecule has 0 aromatic carbocycles. The number of rotatable bonds is 7. The number of hydrogen-bond donors (Lipinski definition) is 4. The van der Waals surface area contributed by atoms with E-state index in [4.69, 9.17) is 10.2 Å². The lowest BCUT2D eigenvalue weighted by Crippen LogP contribution is -2.46. The molecule has 0 aromatic rings. The third-order valence-electron chi connectivity index (χ3n) is 3.90. The van der Waals surface area contributed by atoms with Gasteiger partial charge in [0, 0.05) is 19.6 Å². The molecule has 6 heteroatoms. The van der Waals surface area contributed by atoms with Gasteiger partial charge in [-0.2, -0.15) is 0 Å². The summed E-state index contributed by atoms with van der Waals surface area (Å²) in [5.41, 5.74) is 0. The van der Waals surface area contributed by atoms with E-state index in [-0.39, 0.29) is 13.0 Å². The number of carboxylic acid groups (broad SMARTS) is 1. The highest BCUT2D eigenvalue weighted by molar-refractivity contribution is 5.82. The second-order valence-corrected chi connectivity index (χ2v) is 5.73. The largest absolute Gasteiger partial charge is 0.480 e. The van der Waals surface area contributed by atoms with Gasteiger partial charge in [-0.25, -0.2) is 9.59 Å². The third-order valence-corrected chi connectivity index (χ3v) is 3.90. The van der Waals surface area contributed by atoms with Gasteiger partial charge in [0.1, 0.15) is 6.04 Å². The van der Waals surface area contributed by atoms with Crippen molar-refractivity contribution in [3.63, 3.8) is 0 Å². The Hall–Kier alpha value is -1.30. The summed E-state index contributed by atoms with van der Waals surface area (Å²) in [4.78, 5) is 22.4. The van der Waals surface area contributed by atoms with E-state index in [1.165, 1.54) is 25.7 Å². The molecule has 0 radical (unpaired) electrons. The maximum Gasteiger partial charge on any atom is 0.326 e. The fourth-order valence-corrected chi connectivity index (χ4v) is 2.81. The minimum Gasteiger partial charge on any atom is -0.480 e. The maximum atomic E-state index is 11.6. The van der Waals surface area contributed by atoms with Gasteiger partial charge < -0.3 is 20.8 Å². The number of carbonyl (C=O) groups is 2. The van der Waals surface area contributed by atoms with Gasteiger partial charge in [0.25, 0.3) is 0 Å². The van der Waals surface area contributed by atoms with Crippen LogP contribution in [0.1, 0.15) is 45.4 Å². The summed E-state index contributed by atoms with van der Waals surface area (Å²) in [6.07, 6.45) is 5.95. The number of urea groups is 1. The summed E-state index contributed by atoms with van der Waals surface area (Å²) in [5.74, 6) is 0.297. The van der Waals surface area contributed by atoms with E-state index in [0.29, 0.717) is 12.5 Å². The van der Waals surface area contributed by atoms with E-state index in [1.54, 1.807) is 0 Å². The van der Waals surface area contributed by atoms with Crippen molar-refractivity contribution < 1.29 is 19.8 Å². The predicted octanol–water partition coefficient (Wildman–Crippen LogP) is 1.34. The van der Waals surface area contributed by atoms with Gasteiger partial charge in [-0.1, -0.05) is 26.2 Å². The molecule has 20 heavy (non-hydrogen) atoms. The molecule has 1 saturated carbocycles. The highest BCUT2D eigenvalue weighted by Crippen LogP contribution is 2.30. The quantitative estimate of drug-likeness (QED) is 0.567. The Morgan fingerprint density at radius 1 is 1.35 bits per heavy atom. The molecule has 2 amide bonds. The summed E-state index contributed by atoms with van der Waals surface area (Å²) in [6.45, 7) is 2.56. The van der Waals surface area contributed by atoms with Crippen LogP contribution in [0, 0.1) is 11.8 Å². The standard InChI is InChI=1S/C14H26N2O4/c1-10-3-2-4-11(9-10)5-7-15-14(20)16-12(6-8-17)13(18)19/h10-12,17H,2-9H2,1H3,(H,18,19)(H2,15,16,20)/t10?,11?,12-/m1/s1. The van der Waals surface area contributed by atoms with Gasteiger partial charge in [-0.15, -0.1) is 0 Å². The van der Waals surface area contributed by atoms with Crippen molar-refractivity contribution in [2.24, 2.45) is 11.8 Å². The van der Waals surface area contributed by atoms with E-state index in [2.05, 4.69) is 17.6 Å². The zero-order valence-corrected chi connectivity index (χ0v) is 12.1. The molecule has 0 aliphatic heterocycles. The molecule has 6 nitrogen and oxygen atoms in total. The number of amides is 2. The number of carbonyl (C=O) groups excluding carboxylic acids is 1. The van der Waals surface area contributed by atoms with Crippen LogP contribution in [0.4, 0.5) is 4.79 Å². The summed E-state index contributed by atoms with van der Waals surface area (Å²) in [5, 5.41) is 22.6. The van der Waals surface area contributed by atoms with Crippen LogP contribution in [0.5, 0.6) is 0 Å². The average Bonchev–Trinajstić information content (AvgIpc) is 2.38. The molecule has 0 saturated heterocycles. The van der Waals surface area contributed by atoms with Crippen molar-refractivity contribution in [3.05, 3.63) is 0 Å². The van der Waals surface area contributed by atoms with E-state index >= 15 is 0 Å². The molecule has 2 unspecified atom stereocenters. The van der Waals surface area contributed by atoms with Gasteiger partial charge in [0.05, 0.1) is 0 Å². The van der Waals surface area contributed by atoms with Crippen molar-refractivity contribution in [1.29, 1.82) is 0 Å². The number of hydrogen-bond acceptors (Lipinski definition) is 3. The molecule has 1 aliphatic rings. The average molecular weight is 286 g/mol. The fraction of sp³-hybridized carbons (Fsp3) is 0.857. The minimum absolute atomic E-state index is 0.0168. The molecule has 1 aliphatic carbocycles. The van der Waals surface area contributed by atoms with E-state index < -0.39 is 18.0 Å². The van der Waals surface area contributed by atoms with Crippen LogP contribution in [0.2, 0.25) is 0 Å². The first-order valence-electron chi connectivity index (χ1n) is 7.41. The Labute approximate surface area is 119 Å². The second-order valence-electron chi connectivity index (χ2n) is 5.73. The topological polar surface area (TPSA) is 98.7 Å². The monoisotopic (exact) mass is 286 g/mol. The van der Waals surface area contributed by atoms with E-state index in [9.17, 15) is 9.59 Å². The Morgan fingerprint density at radius 3 is 2.70 bits per heavy atom. The minimum atomic E-state index is -1.13. The molecular weight excluding hydrogens is 260 g/mol. The van der Waals surface area contributed by atoms with Gasteiger partial charge >= 0.3 is 12.0 Å². The normalized spacial score (nSPS) is 23.9. The fourth-order valence-electron chi connectivity index (χ4n) is 2.81. The van der Waals surface area contributed by atoms with E-state index in [1.807, 2.05) is 0 Å². The number of aliphatic hydroxyl groups is 1. The summed E-state index contributed by atoms with van der Waals surface area (Å²) in [6, 6.07) is -1.51. The van der Waals surface area contributed by atoms with Crippen LogP contribution in [0.15, 0.2) is 0 Å². The van der Waals surface area contributed by atoms with Crippen LogP contribution in [0.25, 0.3) is 0 Å². The molecule has 0 spiro atoms. The number of aliphatic hydroxyl groups excluding tert-OH is 1. The maximum absolute atomic E-state index is 11.6. The number of aliphatic carboxylic acids is 1. The highest BCUT2D eigenvalue weighted by Gasteiger charge is 2.20. The lowest BCUT2D eigenvalue weighted by atomic mass is 9.81. The molecule has 4 N–H and O–H groups in total. The van der Waals surface area contributed by atoms with Crippen LogP contribution in [-0.2, 0) is 4.79 Å². The summed E-state index contributed by atoms with van der Waals surface area (Å²) >= 11 is 0. The molecule has 0 bridgehead atoms. The number of nitrogens with one attached hydrogen (secondary N) is 2. The molecule has 3 atom stereocenters. The lowest BCUT2D eigenvalue weighted by Gasteiger charge is -2.26. The van der Waals surface area contributed by atoms with Crippen LogP contribution in [-0.4, -0.2) is 41.4 Å². The van der Waals surface area contributed by atoms with Crippen LogP contribution < -0.4 is 10.6 Å². The molecule has 1 fully saturated rings. The van der Waals surface area contributed by atoms with Crippen LogP contribution >= 0.6 is 0 Å². The van der Waals surface area contributed by atoms with Crippen molar-refractivity contribution in [2.45, 2.75) is 51.5 Å². The van der Waals surface area contributed by atoms with Gasteiger partial charge in [-0.05, 0) is 24.7 Å². The molecule has 1 rings (SSSR count). The van der Waals surface area contributed by atoms with Crippen molar-refractivity contribution in [2.75, 3.05) is 13.2 Å². The van der Waals surface area contributed by atoms with Crippen LogP contribution in [0.3, 0.4) is 0 Å². The van der Waals surface area contributed by atoms with Gasteiger partial charge in [-0.3, -0.25) is 0 Å². The SMILES string of the molecule is CC1CCCC(CCNC(=O)N[C@H](CCO)C(=O)O)C1. The van der Waals surface area contributed by atoms with E-state index in [0.717, 1.165) is 12.3 Å².